The number of fused-ring (bicyclic) bond motifs is 1. The summed E-state index contributed by atoms with van der Waals surface area (Å²) in [6.45, 7) is -0.780. The Bertz CT molecular complexity index is 1370. The molecule has 0 atom stereocenters. The number of nitrogens with one attached hydrogen (secondary N) is 1. The van der Waals surface area contributed by atoms with Gasteiger partial charge in [-0.25, -0.2) is 14.3 Å². The van der Waals surface area contributed by atoms with Crippen LogP contribution in [0.25, 0.3) is 28.2 Å². The molecule has 0 fully saturated rings. The first-order chi connectivity index (χ1) is 13.9. The molecule has 0 aliphatic rings. The summed E-state index contributed by atoms with van der Waals surface area (Å²) in [6, 6.07) is 13.5. The lowest BCUT2D eigenvalue weighted by molar-refractivity contribution is -0.137. The summed E-state index contributed by atoms with van der Waals surface area (Å²) in [4.78, 5) is 43.3. The number of rotatable bonds is 4. The van der Waals surface area contributed by atoms with Crippen LogP contribution in [-0.4, -0.2) is 30.2 Å². The predicted octanol–water partition coefficient (Wildman–Crippen LogP) is 2.93. The number of aromatic amines is 1. The van der Waals surface area contributed by atoms with Crippen molar-refractivity contribution in [3.8, 4) is 17.1 Å². The second kappa shape index (κ2) is 7.23. The first-order valence-electron chi connectivity index (χ1n) is 8.35. The molecule has 0 radical (unpaired) electrons. The highest BCUT2D eigenvalue weighted by molar-refractivity contribution is 6.33. The average Bonchev–Trinajstić information content (AvgIpc) is 3.05. The monoisotopic (exact) mass is 430 g/mol. The van der Waals surface area contributed by atoms with E-state index in [2.05, 4.69) is 9.97 Å². The number of carboxylic acid groups (broad SMARTS) is 1. The van der Waals surface area contributed by atoms with Crippen molar-refractivity contribution < 1.29 is 9.90 Å². The third kappa shape index (κ3) is 3.32. The SMILES string of the molecule is O=C(O)Cn1c(=O)[nH]c2nc(-c3ccccc3Cl)n(-c3ccc(Cl)cc3)c2c1=O. The highest BCUT2D eigenvalue weighted by atomic mass is 35.5. The van der Waals surface area contributed by atoms with Crippen LogP contribution in [0.5, 0.6) is 0 Å². The van der Waals surface area contributed by atoms with Crippen LogP contribution in [0.1, 0.15) is 0 Å². The Labute approximate surface area is 172 Å². The summed E-state index contributed by atoms with van der Waals surface area (Å²) in [5.41, 5.74) is -0.541. The number of imidazole rings is 1. The lowest BCUT2D eigenvalue weighted by Crippen LogP contribution is -2.37. The molecule has 29 heavy (non-hydrogen) atoms. The van der Waals surface area contributed by atoms with Crippen molar-refractivity contribution in [1.82, 2.24) is 19.1 Å². The molecule has 2 aromatic carbocycles. The predicted molar refractivity (Wildman–Crippen MR) is 109 cm³/mol. The molecule has 2 heterocycles. The minimum Gasteiger partial charge on any atom is -0.480 e. The van der Waals surface area contributed by atoms with Crippen molar-refractivity contribution in [2.45, 2.75) is 6.54 Å². The van der Waals surface area contributed by atoms with Gasteiger partial charge in [-0.1, -0.05) is 35.3 Å². The van der Waals surface area contributed by atoms with Crippen molar-refractivity contribution >= 4 is 40.3 Å². The molecular weight excluding hydrogens is 419 g/mol. The fourth-order valence-corrected chi connectivity index (χ4v) is 3.38. The van der Waals surface area contributed by atoms with Crippen LogP contribution in [0, 0.1) is 0 Å². The Morgan fingerprint density at radius 3 is 2.41 bits per heavy atom. The van der Waals surface area contributed by atoms with Crippen LogP contribution >= 0.6 is 23.2 Å². The van der Waals surface area contributed by atoms with Gasteiger partial charge in [0.1, 0.15) is 12.4 Å². The molecule has 10 heteroatoms. The zero-order valence-electron chi connectivity index (χ0n) is 14.6. The number of aromatic nitrogens is 4. The van der Waals surface area contributed by atoms with Crippen molar-refractivity contribution in [3.63, 3.8) is 0 Å². The van der Waals surface area contributed by atoms with Crippen molar-refractivity contribution in [1.29, 1.82) is 0 Å². The van der Waals surface area contributed by atoms with Gasteiger partial charge in [0.15, 0.2) is 11.2 Å². The molecule has 0 aliphatic carbocycles. The van der Waals surface area contributed by atoms with E-state index in [-0.39, 0.29) is 11.2 Å². The van der Waals surface area contributed by atoms with Gasteiger partial charge in [-0.15, -0.1) is 0 Å². The Balaban J connectivity index is 2.15. The largest absolute Gasteiger partial charge is 0.480 e. The molecule has 4 aromatic rings. The second-order valence-corrected chi connectivity index (χ2v) is 6.98. The van der Waals surface area contributed by atoms with Gasteiger partial charge < -0.3 is 5.11 Å². The third-order valence-electron chi connectivity index (χ3n) is 4.29. The minimum absolute atomic E-state index is 0.0168. The van der Waals surface area contributed by atoms with Crippen molar-refractivity contribution in [3.05, 3.63) is 79.4 Å². The van der Waals surface area contributed by atoms with Crippen LogP contribution in [0.2, 0.25) is 10.0 Å². The Morgan fingerprint density at radius 1 is 1.07 bits per heavy atom. The van der Waals surface area contributed by atoms with Gasteiger partial charge in [-0.3, -0.25) is 19.1 Å². The molecular formula is C19H12Cl2N4O4. The van der Waals surface area contributed by atoms with Crippen LogP contribution in [-0.2, 0) is 11.3 Å². The van der Waals surface area contributed by atoms with E-state index in [9.17, 15) is 14.4 Å². The fraction of sp³-hybridized carbons (Fsp3) is 0.0526. The van der Waals surface area contributed by atoms with Crippen LogP contribution in [0.3, 0.4) is 0 Å². The number of carbonyl (C=O) groups is 1. The van der Waals surface area contributed by atoms with E-state index in [1.807, 2.05) is 0 Å². The summed E-state index contributed by atoms with van der Waals surface area (Å²) in [5.74, 6) is -1.01. The van der Waals surface area contributed by atoms with Crippen LogP contribution in [0.4, 0.5) is 0 Å². The number of carboxylic acids is 1. The van der Waals surface area contributed by atoms with Crippen molar-refractivity contribution in [2.24, 2.45) is 0 Å². The molecule has 0 amide bonds. The topological polar surface area (TPSA) is 110 Å². The molecule has 0 saturated carbocycles. The van der Waals surface area contributed by atoms with Crippen LogP contribution < -0.4 is 11.2 Å². The van der Waals surface area contributed by atoms with E-state index >= 15 is 0 Å². The number of aliphatic carboxylic acids is 1. The van der Waals surface area contributed by atoms with Crippen LogP contribution in [0.15, 0.2) is 58.1 Å². The van der Waals surface area contributed by atoms with Gasteiger partial charge in [-0.05, 0) is 36.4 Å². The smallest absolute Gasteiger partial charge is 0.330 e. The summed E-state index contributed by atoms with van der Waals surface area (Å²) < 4.78 is 2.12. The maximum absolute atomic E-state index is 13.0. The number of hydrogen-bond acceptors (Lipinski definition) is 4. The summed E-state index contributed by atoms with van der Waals surface area (Å²) >= 11 is 12.3. The molecule has 0 saturated heterocycles. The number of H-pyrrole nitrogens is 1. The van der Waals surface area contributed by atoms with E-state index < -0.39 is 23.8 Å². The minimum atomic E-state index is -1.32. The van der Waals surface area contributed by atoms with E-state index in [4.69, 9.17) is 28.3 Å². The van der Waals surface area contributed by atoms with Gasteiger partial charge in [-0.2, -0.15) is 0 Å². The lowest BCUT2D eigenvalue weighted by atomic mass is 10.2. The summed E-state index contributed by atoms with van der Waals surface area (Å²) in [7, 11) is 0. The number of halogens is 2. The molecule has 0 aliphatic heterocycles. The normalized spacial score (nSPS) is 11.1. The first kappa shape index (κ1) is 19.0. The molecule has 8 nitrogen and oxygen atoms in total. The van der Waals surface area contributed by atoms with Gasteiger partial charge in [0, 0.05) is 16.3 Å². The van der Waals surface area contributed by atoms with E-state index in [0.717, 1.165) is 0 Å². The zero-order chi connectivity index (χ0) is 20.7. The number of benzene rings is 2. The quantitative estimate of drug-likeness (QED) is 0.517. The maximum Gasteiger partial charge on any atom is 0.330 e. The molecule has 146 valence electrons. The highest BCUT2D eigenvalue weighted by Crippen LogP contribution is 2.31. The third-order valence-corrected chi connectivity index (χ3v) is 4.87. The first-order valence-corrected chi connectivity index (χ1v) is 9.10. The van der Waals surface area contributed by atoms with Gasteiger partial charge in [0.05, 0.1) is 5.02 Å². The van der Waals surface area contributed by atoms with Gasteiger partial charge in [0.25, 0.3) is 5.56 Å². The Hall–Kier alpha value is -3.36. The van der Waals surface area contributed by atoms with Crippen molar-refractivity contribution in [2.75, 3.05) is 0 Å². The van der Waals surface area contributed by atoms with E-state index in [1.165, 1.54) is 4.57 Å². The molecule has 2 aromatic heterocycles. The van der Waals surface area contributed by atoms with Gasteiger partial charge >= 0.3 is 11.7 Å². The summed E-state index contributed by atoms with van der Waals surface area (Å²) in [5, 5.41) is 9.95. The molecule has 0 spiro atoms. The van der Waals surface area contributed by atoms with E-state index in [0.29, 0.717) is 31.7 Å². The fourth-order valence-electron chi connectivity index (χ4n) is 3.04. The summed E-state index contributed by atoms with van der Waals surface area (Å²) in [6.07, 6.45) is 0. The maximum atomic E-state index is 13.0. The molecule has 2 N–H and O–H groups in total. The number of nitrogens with zero attached hydrogens (tertiary/aromatic N) is 3. The Morgan fingerprint density at radius 2 is 1.76 bits per heavy atom. The molecule has 4 rings (SSSR count). The Kier molecular flexibility index (Phi) is 4.73. The molecule has 0 unspecified atom stereocenters. The standard InChI is InChI=1S/C19H12Cl2N4O4/c20-10-5-7-11(8-6-10)25-15-16(22-17(25)12-3-1-2-4-13(12)21)23-19(29)24(18(15)28)9-14(26)27/h1-8H,9H2,(H,23,29)(H,26,27). The van der Waals surface area contributed by atoms with E-state index in [1.54, 1.807) is 48.5 Å². The second-order valence-electron chi connectivity index (χ2n) is 6.14. The van der Waals surface area contributed by atoms with Gasteiger partial charge in [0.2, 0.25) is 0 Å². The molecule has 0 bridgehead atoms. The highest BCUT2D eigenvalue weighted by Gasteiger charge is 2.22. The average molecular weight is 431 g/mol. The number of hydrogen-bond donors (Lipinski definition) is 2. The lowest BCUT2D eigenvalue weighted by Gasteiger charge is -2.10. The zero-order valence-corrected chi connectivity index (χ0v) is 16.1.